The average molecular weight is 268 g/mol. The third kappa shape index (κ3) is 2.45. The minimum atomic E-state index is -0.205. The summed E-state index contributed by atoms with van der Waals surface area (Å²) in [5.74, 6) is -0.205. The summed E-state index contributed by atoms with van der Waals surface area (Å²) in [5.41, 5.74) is 4.33. The number of likely N-dealkylation sites (N-methyl/N-ethyl adjacent to an activating group) is 1. The van der Waals surface area contributed by atoms with Gasteiger partial charge in [-0.3, -0.25) is 0 Å². The molecule has 2 nitrogen and oxygen atoms in total. The predicted octanol–water partition coefficient (Wildman–Crippen LogP) is 3.74. The van der Waals surface area contributed by atoms with Crippen LogP contribution in [0.25, 0.3) is 22.0 Å². The van der Waals surface area contributed by atoms with E-state index in [1.807, 2.05) is 19.2 Å². The zero-order chi connectivity index (χ0) is 13.9. The Balaban J connectivity index is 1.99. The molecule has 1 heterocycles. The molecule has 0 fully saturated rings. The minimum Gasteiger partial charge on any atom is -0.361 e. The fourth-order valence-corrected chi connectivity index (χ4v) is 2.50. The van der Waals surface area contributed by atoms with Crippen molar-refractivity contribution in [3.8, 4) is 11.1 Å². The highest BCUT2D eigenvalue weighted by atomic mass is 19.1. The fraction of sp³-hybridized carbons (Fsp3) is 0.176. The number of hydrogen-bond donors (Lipinski definition) is 2. The number of H-pyrrole nitrogens is 1. The molecule has 3 heteroatoms. The summed E-state index contributed by atoms with van der Waals surface area (Å²) in [6.45, 7) is 0.957. The maximum Gasteiger partial charge on any atom is 0.123 e. The summed E-state index contributed by atoms with van der Waals surface area (Å²) in [5, 5.41) is 4.40. The Morgan fingerprint density at radius 3 is 2.75 bits per heavy atom. The van der Waals surface area contributed by atoms with Crippen LogP contribution in [-0.4, -0.2) is 18.6 Å². The van der Waals surface area contributed by atoms with E-state index in [1.54, 1.807) is 12.1 Å². The second-order valence-corrected chi connectivity index (χ2v) is 4.94. The molecular weight excluding hydrogens is 251 g/mol. The van der Waals surface area contributed by atoms with Gasteiger partial charge in [-0.2, -0.15) is 0 Å². The molecule has 2 N–H and O–H groups in total. The molecule has 1 aromatic heterocycles. The standard InChI is InChI=1S/C17H17FN2/c1-19-8-7-14-11-20-17-10-13(5-6-16(14)17)12-3-2-4-15(18)9-12/h2-6,9-11,19-20H,7-8H2,1H3. The molecule has 20 heavy (non-hydrogen) atoms. The predicted molar refractivity (Wildman–Crippen MR) is 81.3 cm³/mol. The van der Waals surface area contributed by atoms with Gasteiger partial charge in [0.2, 0.25) is 0 Å². The van der Waals surface area contributed by atoms with Crippen molar-refractivity contribution in [2.45, 2.75) is 6.42 Å². The minimum absolute atomic E-state index is 0.205. The Morgan fingerprint density at radius 1 is 1.10 bits per heavy atom. The summed E-state index contributed by atoms with van der Waals surface area (Å²) in [4.78, 5) is 3.30. The number of fused-ring (bicyclic) bond motifs is 1. The van der Waals surface area contributed by atoms with E-state index in [4.69, 9.17) is 0 Å². The molecule has 0 aliphatic rings. The van der Waals surface area contributed by atoms with Gasteiger partial charge in [0.25, 0.3) is 0 Å². The third-order valence-electron chi connectivity index (χ3n) is 3.57. The summed E-state index contributed by atoms with van der Waals surface area (Å²) >= 11 is 0. The lowest BCUT2D eigenvalue weighted by Gasteiger charge is -2.03. The quantitative estimate of drug-likeness (QED) is 0.741. The van der Waals surface area contributed by atoms with Crippen molar-refractivity contribution in [2.75, 3.05) is 13.6 Å². The molecule has 0 amide bonds. The molecule has 3 rings (SSSR count). The van der Waals surface area contributed by atoms with E-state index in [0.29, 0.717) is 0 Å². The van der Waals surface area contributed by atoms with Crippen molar-refractivity contribution < 1.29 is 4.39 Å². The van der Waals surface area contributed by atoms with Crippen LogP contribution in [0.1, 0.15) is 5.56 Å². The first-order chi connectivity index (χ1) is 9.78. The zero-order valence-electron chi connectivity index (χ0n) is 11.4. The number of nitrogens with one attached hydrogen (secondary N) is 2. The molecule has 0 radical (unpaired) electrons. The van der Waals surface area contributed by atoms with Gasteiger partial charge in [-0.25, -0.2) is 4.39 Å². The highest BCUT2D eigenvalue weighted by molar-refractivity contribution is 5.87. The van der Waals surface area contributed by atoms with E-state index in [0.717, 1.165) is 29.6 Å². The topological polar surface area (TPSA) is 27.8 Å². The molecule has 0 saturated heterocycles. The Hall–Kier alpha value is -2.13. The molecular formula is C17H17FN2. The summed E-state index contributed by atoms with van der Waals surface area (Å²) in [7, 11) is 1.96. The first kappa shape index (κ1) is 12.9. The Bertz CT molecular complexity index is 731. The number of aromatic amines is 1. The van der Waals surface area contributed by atoms with Gasteiger partial charge in [0.1, 0.15) is 5.82 Å². The number of rotatable bonds is 4. The number of hydrogen-bond acceptors (Lipinski definition) is 1. The Morgan fingerprint density at radius 2 is 1.95 bits per heavy atom. The number of aromatic nitrogens is 1. The first-order valence-corrected chi connectivity index (χ1v) is 6.78. The normalized spacial score (nSPS) is 11.1. The van der Waals surface area contributed by atoms with Gasteiger partial charge >= 0.3 is 0 Å². The smallest absolute Gasteiger partial charge is 0.123 e. The van der Waals surface area contributed by atoms with Crippen molar-refractivity contribution in [3.05, 3.63) is 60.0 Å². The van der Waals surface area contributed by atoms with E-state index >= 15 is 0 Å². The van der Waals surface area contributed by atoms with E-state index in [1.165, 1.54) is 17.0 Å². The second kappa shape index (κ2) is 5.47. The Kier molecular flexibility index (Phi) is 3.52. The van der Waals surface area contributed by atoms with Gasteiger partial charge in [0.05, 0.1) is 0 Å². The molecule has 0 atom stereocenters. The van der Waals surface area contributed by atoms with E-state index in [9.17, 15) is 4.39 Å². The number of benzene rings is 2. The molecule has 2 aromatic carbocycles. The number of halogens is 1. The Labute approximate surface area is 117 Å². The van der Waals surface area contributed by atoms with Crippen LogP contribution in [0, 0.1) is 5.82 Å². The van der Waals surface area contributed by atoms with Crippen LogP contribution in [0.4, 0.5) is 4.39 Å². The maximum atomic E-state index is 13.3. The van der Waals surface area contributed by atoms with Crippen molar-refractivity contribution >= 4 is 10.9 Å². The molecule has 0 aliphatic carbocycles. The third-order valence-corrected chi connectivity index (χ3v) is 3.57. The summed E-state index contributed by atoms with van der Waals surface area (Å²) < 4.78 is 13.3. The lowest BCUT2D eigenvalue weighted by molar-refractivity contribution is 0.628. The molecule has 0 saturated carbocycles. The molecule has 0 bridgehead atoms. The van der Waals surface area contributed by atoms with Crippen LogP contribution in [0.15, 0.2) is 48.7 Å². The fourth-order valence-electron chi connectivity index (χ4n) is 2.50. The molecule has 0 unspecified atom stereocenters. The van der Waals surface area contributed by atoms with Crippen molar-refractivity contribution in [1.82, 2.24) is 10.3 Å². The van der Waals surface area contributed by atoms with Crippen LogP contribution < -0.4 is 5.32 Å². The maximum absolute atomic E-state index is 13.3. The average Bonchev–Trinajstić information content (AvgIpc) is 2.87. The van der Waals surface area contributed by atoms with Gasteiger partial charge in [0.15, 0.2) is 0 Å². The monoisotopic (exact) mass is 268 g/mol. The van der Waals surface area contributed by atoms with Gasteiger partial charge in [-0.05, 0) is 54.9 Å². The van der Waals surface area contributed by atoms with Crippen LogP contribution in [0.5, 0.6) is 0 Å². The van der Waals surface area contributed by atoms with Gasteiger partial charge in [0, 0.05) is 17.1 Å². The van der Waals surface area contributed by atoms with E-state index in [2.05, 4.69) is 28.6 Å². The molecule has 102 valence electrons. The van der Waals surface area contributed by atoms with Crippen LogP contribution >= 0.6 is 0 Å². The van der Waals surface area contributed by atoms with Crippen molar-refractivity contribution in [2.24, 2.45) is 0 Å². The molecule has 0 spiro atoms. The SMILES string of the molecule is CNCCc1c[nH]c2cc(-c3cccc(F)c3)ccc12. The first-order valence-electron chi connectivity index (χ1n) is 6.78. The summed E-state index contributed by atoms with van der Waals surface area (Å²) in [6, 6.07) is 12.9. The highest BCUT2D eigenvalue weighted by Gasteiger charge is 2.06. The van der Waals surface area contributed by atoms with Crippen molar-refractivity contribution in [3.63, 3.8) is 0 Å². The second-order valence-electron chi connectivity index (χ2n) is 4.94. The van der Waals surface area contributed by atoms with Crippen LogP contribution in [0.2, 0.25) is 0 Å². The van der Waals surface area contributed by atoms with Crippen LogP contribution in [0.3, 0.4) is 0 Å². The lowest BCUT2D eigenvalue weighted by atomic mass is 10.0. The molecule has 0 aliphatic heterocycles. The van der Waals surface area contributed by atoms with Gasteiger partial charge < -0.3 is 10.3 Å². The van der Waals surface area contributed by atoms with Gasteiger partial charge in [-0.15, -0.1) is 0 Å². The highest BCUT2D eigenvalue weighted by Crippen LogP contribution is 2.26. The summed E-state index contributed by atoms with van der Waals surface area (Å²) in [6.07, 6.45) is 3.05. The molecule has 3 aromatic rings. The van der Waals surface area contributed by atoms with E-state index in [-0.39, 0.29) is 5.82 Å². The largest absolute Gasteiger partial charge is 0.361 e. The zero-order valence-corrected chi connectivity index (χ0v) is 11.4. The van der Waals surface area contributed by atoms with Gasteiger partial charge in [-0.1, -0.05) is 24.3 Å². The van der Waals surface area contributed by atoms with Crippen LogP contribution in [-0.2, 0) is 6.42 Å². The van der Waals surface area contributed by atoms with E-state index < -0.39 is 0 Å². The lowest BCUT2D eigenvalue weighted by Crippen LogP contribution is -2.09. The van der Waals surface area contributed by atoms with Crippen molar-refractivity contribution in [1.29, 1.82) is 0 Å².